The third-order valence-corrected chi connectivity index (χ3v) is 5.96. The normalized spacial score (nSPS) is 14.8. The Hall–Kier alpha value is -3.86. The van der Waals surface area contributed by atoms with E-state index in [1.807, 2.05) is 4.90 Å². The topological polar surface area (TPSA) is 98.6 Å². The molecule has 1 fully saturated rings. The zero-order valence-electron chi connectivity index (χ0n) is 17.8. The van der Waals surface area contributed by atoms with Crippen LogP contribution in [0.2, 0.25) is 0 Å². The van der Waals surface area contributed by atoms with Gasteiger partial charge < -0.3 is 15.2 Å². The van der Waals surface area contributed by atoms with Crippen molar-refractivity contribution in [3.63, 3.8) is 0 Å². The van der Waals surface area contributed by atoms with Crippen molar-refractivity contribution < 1.29 is 13.6 Å². The van der Waals surface area contributed by atoms with Crippen molar-refractivity contribution in [3.8, 4) is 0 Å². The van der Waals surface area contributed by atoms with Crippen LogP contribution in [0.25, 0.3) is 16.4 Å². The number of nitrogens with zero attached hydrogens (tertiary/aromatic N) is 5. The number of H-pyrrole nitrogens is 1. The van der Waals surface area contributed by atoms with Crippen LogP contribution in [0.5, 0.6) is 0 Å². The van der Waals surface area contributed by atoms with Crippen LogP contribution in [0.15, 0.2) is 41.3 Å². The standard InChI is InChI=1S/C22H21F2N7O2/c1-25-21(32)15-4-5-17(20(24)27-15)30-10-8-29(9-11-30)12-13-2-3-14-16-6-7-26-31(16)22(33)28-19(14)18(13)23/h2-7H,8-12H2,1H3,(H,25,32)(H,28,33). The molecular weight excluding hydrogens is 432 g/mol. The fourth-order valence-electron chi connectivity index (χ4n) is 4.21. The van der Waals surface area contributed by atoms with Gasteiger partial charge in [0.1, 0.15) is 5.69 Å². The van der Waals surface area contributed by atoms with Crippen molar-refractivity contribution in [1.29, 1.82) is 0 Å². The van der Waals surface area contributed by atoms with Crippen molar-refractivity contribution in [3.05, 3.63) is 70.0 Å². The number of halogens is 2. The predicted molar refractivity (Wildman–Crippen MR) is 118 cm³/mol. The molecule has 33 heavy (non-hydrogen) atoms. The number of carbonyl (C=O) groups excluding carboxylic acids is 1. The van der Waals surface area contributed by atoms with Crippen LogP contribution in [0.3, 0.4) is 0 Å². The molecule has 1 aromatic carbocycles. The number of carbonyl (C=O) groups is 1. The predicted octanol–water partition coefficient (Wildman–Crippen LogP) is 1.53. The first-order valence-corrected chi connectivity index (χ1v) is 10.5. The summed E-state index contributed by atoms with van der Waals surface area (Å²) in [5.41, 5.74) is 1.04. The number of aromatic amines is 1. The fourth-order valence-corrected chi connectivity index (χ4v) is 4.21. The van der Waals surface area contributed by atoms with E-state index in [1.165, 1.54) is 23.8 Å². The Bertz CT molecular complexity index is 1420. The van der Waals surface area contributed by atoms with E-state index in [2.05, 4.69) is 25.3 Å². The number of piperazine rings is 1. The molecule has 0 unspecified atom stereocenters. The summed E-state index contributed by atoms with van der Waals surface area (Å²) in [6.07, 6.45) is 1.50. The number of hydrogen-bond donors (Lipinski definition) is 2. The van der Waals surface area contributed by atoms with Crippen LogP contribution in [-0.4, -0.2) is 63.6 Å². The molecule has 1 amide bonds. The van der Waals surface area contributed by atoms with Gasteiger partial charge in [0.2, 0.25) is 5.95 Å². The fraction of sp³-hybridized carbons (Fsp3) is 0.273. The van der Waals surface area contributed by atoms with E-state index in [-0.39, 0.29) is 11.2 Å². The average molecular weight is 453 g/mol. The van der Waals surface area contributed by atoms with E-state index < -0.39 is 23.4 Å². The summed E-state index contributed by atoms with van der Waals surface area (Å²) in [4.78, 5) is 34.1. The lowest BCUT2D eigenvalue weighted by molar-refractivity contribution is 0.0957. The van der Waals surface area contributed by atoms with Gasteiger partial charge in [-0.15, -0.1) is 0 Å². The number of benzene rings is 1. The van der Waals surface area contributed by atoms with Crippen molar-refractivity contribution >= 4 is 28.0 Å². The van der Waals surface area contributed by atoms with Crippen LogP contribution in [0.4, 0.5) is 14.5 Å². The van der Waals surface area contributed by atoms with Gasteiger partial charge in [-0.2, -0.15) is 14.0 Å². The third kappa shape index (κ3) is 3.69. The summed E-state index contributed by atoms with van der Waals surface area (Å²) in [6.45, 7) is 2.60. The zero-order chi connectivity index (χ0) is 23.1. The molecule has 3 aromatic heterocycles. The van der Waals surface area contributed by atoms with Gasteiger partial charge in [-0.25, -0.2) is 14.2 Å². The van der Waals surface area contributed by atoms with Gasteiger partial charge in [-0.3, -0.25) is 9.69 Å². The molecule has 0 radical (unpaired) electrons. The molecule has 1 saturated heterocycles. The summed E-state index contributed by atoms with van der Waals surface area (Å²) in [7, 11) is 1.46. The molecule has 11 heteroatoms. The van der Waals surface area contributed by atoms with E-state index in [9.17, 15) is 14.0 Å². The maximum Gasteiger partial charge on any atom is 0.347 e. The molecule has 0 spiro atoms. The Morgan fingerprint density at radius 2 is 1.91 bits per heavy atom. The molecule has 4 heterocycles. The van der Waals surface area contributed by atoms with E-state index in [0.717, 1.165) is 0 Å². The minimum atomic E-state index is -0.694. The van der Waals surface area contributed by atoms with Gasteiger partial charge in [0, 0.05) is 50.7 Å². The Kier molecular flexibility index (Phi) is 5.25. The summed E-state index contributed by atoms with van der Waals surface area (Å²) in [6, 6.07) is 8.22. The smallest absolute Gasteiger partial charge is 0.347 e. The Balaban J connectivity index is 1.31. The van der Waals surface area contributed by atoms with Crippen LogP contribution in [-0.2, 0) is 6.54 Å². The Morgan fingerprint density at radius 3 is 2.64 bits per heavy atom. The van der Waals surface area contributed by atoms with Crippen LogP contribution >= 0.6 is 0 Å². The molecule has 0 bridgehead atoms. The van der Waals surface area contributed by atoms with Crippen LogP contribution in [0, 0.1) is 11.8 Å². The Labute approximate surface area is 186 Å². The second-order valence-electron chi connectivity index (χ2n) is 7.87. The molecule has 9 nitrogen and oxygen atoms in total. The van der Waals surface area contributed by atoms with E-state index in [0.29, 0.717) is 54.9 Å². The van der Waals surface area contributed by atoms with Crippen LogP contribution in [0.1, 0.15) is 16.1 Å². The van der Waals surface area contributed by atoms with Gasteiger partial charge in [0.05, 0.1) is 22.9 Å². The van der Waals surface area contributed by atoms with Gasteiger partial charge in [0.25, 0.3) is 5.91 Å². The number of nitrogens with one attached hydrogen (secondary N) is 2. The first-order chi connectivity index (χ1) is 16.0. The maximum atomic E-state index is 15.2. The quantitative estimate of drug-likeness (QED) is 0.455. The van der Waals surface area contributed by atoms with Gasteiger partial charge in [0.15, 0.2) is 5.82 Å². The van der Waals surface area contributed by atoms with Gasteiger partial charge >= 0.3 is 5.69 Å². The molecule has 0 atom stereocenters. The molecule has 1 aliphatic heterocycles. The number of pyridine rings is 1. The van der Waals surface area contributed by atoms with Crippen molar-refractivity contribution in [2.45, 2.75) is 6.54 Å². The largest absolute Gasteiger partial charge is 0.365 e. The lowest BCUT2D eigenvalue weighted by atomic mass is 10.1. The molecule has 170 valence electrons. The van der Waals surface area contributed by atoms with Crippen molar-refractivity contribution in [2.75, 3.05) is 38.1 Å². The SMILES string of the molecule is CNC(=O)c1ccc(N2CCN(Cc3ccc4c([nH]c(=O)n5nccc45)c3F)CC2)c(F)n1. The molecule has 2 N–H and O–H groups in total. The summed E-state index contributed by atoms with van der Waals surface area (Å²) < 4.78 is 30.9. The lowest BCUT2D eigenvalue weighted by Crippen LogP contribution is -2.46. The maximum absolute atomic E-state index is 15.2. The highest BCUT2D eigenvalue weighted by Crippen LogP contribution is 2.24. The molecule has 1 aliphatic rings. The minimum absolute atomic E-state index is 0.0235. The van der Waals surface area contributed by atoms with Crippen molar-refractivity contribution in [2.24, 2.45) is 0 Å². The third-order valence-electron chi connectivity index (χ3n) is 5.96. The molecular formula is C22H21F2N7O2. The average Bonchev–Trinajstić information content (AvgIpc) is 3.32. The molecule has 0 aliphatic carbocycles. The van der Waals surface area contributed by atoms with Crippen molar-refractivity contribution in [1.82, 2.24) is 29.8 Å². The summed E-state index contributed by atoms with van der Waals surface area (Å²) >= 11 is 0. The monoisotopic (exact) mass is 453 g/mol. The number of hydrogen-bond acceptors (Lipinski definition) is 6. The number of aromatic nitrogens is 4. The van der Waals surface area contributed by atoms with E-state index >= 15 is 4.39 Å². The second kappa shape index (κ2) is 8.24. The molecule has 5 rings (SSSR count). The molecule has 4 aromatic rings. The first kappa shape index (κ1) is 21.0. The van der Waals surface area contributed by atoms with Gasteiger partial charge in [-0.1, -0.05) is 12.1 Å². The highest BCUT2D eigenvalue weighted by atomic mass is 19.1. The van der Waals surface area contributed by atoms with Gasteiger partial charge in [-0.05, 0) is 18.2 Å². The number of fused-ring (bicyclic) bond motifs is 3. The Morgan fingerprint density at radius 1 is 1.12 bits per heavy atom. The highest BCUT2D eigenvalue weighted by Gasteiger charge is 2.22. The number of amides is 1. The first-order valence-electron chi connectivity index (χ1n) is 10.5. The van der Waals surface area contributed by atoms with E-state index in [4.69, 9.17) is 0 Å². The lowest BCUT2D eigenvalue weighted by Gasteiger charge is -2.36. The number of rotatable bonds is 4. The highest BCUT2D eigenvalue weighted by molar-refractivity contribution is 5.93. The zero-order valence-corrected chi connectivity index (χ0v) is 17.8. The summed E-state index contributed by atoms with van der Waals surface area (Å²) in [5, 5.41) is 6.96. The second-order valence-corrected chi connectivity index (χ2v) is 7.87. The summed E-state index contributed by atoms with van der Waals surface area (Å²) in [5.74, 6) is -1.60. The van der Waals surface area contributed by atoms with E-state index in [1.54, 1.807) is 24.3 Å². The molecule has 0 saturated carbocycles. The van der Waals surface area contributed by atoms with Crippen LogP contribution < -0.4 is 15.9 Å². The minimum Gasteiger partial charge on any atom is -0.365 e. The number of anilines is 1.